The van der Waals surface area contributed by atoms with Crippen LogP contribution in [0.15, 0.2) is 42.5 Å². The number of rotatable bonds is 4. The van der Waals surface area contributed by atoms with Crippen LogP contribution in [0, 0.1) is 18.3 Å². The van der Waals surface area contributed by atoms with Crippen molar-refractivity contribution in [3.63, 3.8) is 0 Å². The lowest BCUT2D eigenvalue weighted by Gasteiger charge is -2.14. The maximum absolute atomic E-state index is 8.90. The third kappa shape index (κ3) is 3.14. The van der Waals surface area contributed by atoms with Crippen molar-refractivity contribution in [1.82, 2.24) is 0 Å². The van der Waals surface area contributed by atoms with Crippen LogP contribution in [0.3, 0.4) is 0 Å². The first-order chi connectivity index (χ1) is 9.24. The standard InChI is InChI=1S/C17H18N2/c1-3-16-9-4-6-13(2)17(16)19-12-15-8-5-7-14(10-15)11-18/h4-10,19H,3,12H2,1-2H3. The van der Waals surface area contributed by atoms with Crippen molar-refractivity contribution in [1.29, 1.82) is 5.26 Å². The van der Waals surface area contributed by atoms with Gasteiger partial charge in [0.05, 0.1) is 11.6 Å². The molecule has 2 rings (SSSR count). The molecule has 0 saturated carbocycles. The summed E-state index contributed by atoms with van der Waals surface area (Å²) < 4.78 is 0. The van der Waals surface area contributed by atoms with Crippen molar-refractivity contribution in [2.75, 3.05) is 5.32 Å². The Morgan fingerprint density at radius 2 is 1.95 bits per heavy atom. The maximum Gasteiger partial charge on any atom is 0.0991 e. The lowest BCUT2D eigenvalue weighted by atomic mass is 10.1. The number of nitrogens with zero attached hydrogens (tertiary/aromatic N) is 1. The Balaban J connectivity index is 2.17. The van der Waals surface area contributed by atoms with Gasteiger partial charge in [-0.1, -0.05) is 37.3 Å². The Morgan fingerprint density at radius 3 is 2.68 bits per heavy atom. The zero-order chi connectivity index (χ0) is 13.7. The van der Waals surface area contributed by atoms with Crippen LogP contribution in [0.2, 0.25) is 0 Å². The second-order valence-electron chi connectivity index (χ2n) is 4.63. The molecule has 2 heteroatoms. The van der Waals surface area contributed by atoms with Gasteiger partial charge in [0, 0.05) is 12.2 Å². The smallest absolute Gasteiger partial charge is 0.0991 e. The molecule has 0 atom stereocenters. The third-order valence-corrected chi connectivity index (χ3v) is 3.27. The van der Waals surface area contributed by atoms with Gasteiger partial charge in [0.15, 0.2) is 0 Å². The molecule has 0 aromatic heterocycles. The SMILES string of the molecule is CCc1cccc(C)c1NCc1cccc(C#N)c1. The largest absolute Gasteiger partial charge is 0.381 e. The molecule has 0 spiro atoms. The Bertz CT molecular complexity index is 609. The van der Waals surface area contributed by atoms with Crippen LogP contribution in [0.4, 0.5) is 5.69 Å². The lowest BCUT2D eigenvalue weighted by molar-refractivity contribution is 1.08. The van der Waals surface area contributed by atoms with E-state index in [-0.39, 0.29) is 0 Å². The first-order valence-electron chi connectivity index (χ1n) is 6.56. The van der Waals surface area contributed by atoms with E-state index in [0.29, 0.717) is 5.56 Å². The van der Waals surface area contributed by atoms with E-state index in [1.54, 1.807) is 0 Å². The molecule has 0 unspecified atom stereocenters. The highest BCUT2D eigenvalue weighted by Crippen LogP contribution is 2.21. The summed E-state index contributed by atoms with van der Waals surface area (Å²) in [5.74, 6) is 0. The minimum absolute atomic E-state index is 0.708. The molecule has 96 valence electrons. The minimum atomic E-state index is 0.708. The van der Waals surface area contributed by atoms with Crippen molar-refractivity contribution in [2.24, 2.45) is 0 Å². The summed E-state index contributed by atoms with van der Waals surface area (Å²) >= 11 is 0. The van der Waals surface area contributed by atoms with Gasteiger partial charge in [0.1, 0.15) is 0 Å². The number of nitriles is 1. The van der Waals surface area contributed by atoms with Crippen molar-refractivity contribution >= 4 is 5.69 Å². The van der Waals surface area contributed by atoms with Crippen molar-refractivity contribution in [3.05, 3.63) is 64.7 Å². The number of hydrogen-bond acceptors (Lipinski definition) is 2. The zero-order valence-electron chi connectivity index (χ0n) is 11.4. The van der Waals surface area contributed by atoms with Crippen LogP contribution >= 0.6 is 0 Å². The second-order valence-corrected chi connectivity index (χ2v) is 4.63. The van der Waals surface area contributed by atoms with Gasteiger partial charge in [-0.15, -0.1) is 0 Å². The summed E-state index contributed by atoms with van der Waals surface area (Å²) in [7, 11) is 0. The van der Waals surface area contributed by atoms with Crippen molar-refractivity contribution < 1.29 is 0 Å². The molecule has 0 amide bonds. The number of anilines is 1. The van der Waals surface area contributed by atoms with E-state index in [2.05, 4.69) is 43.4 Å². The van der Waals surface area contributed by atoms with E-state index < -0.39 is 0 Å². The van der Waals surface area contributed by atoms with Crippen LogP contribution in [-0.4, -0.2) is 0 Å². The Hall–Kier alpha value is -2.27. The molecule has 0 aliphatic rings. The van der Waals surface area contributed by atoms with Crippen LogP contribution in [0.5, 0.6) is 0 Å². The molecule has 1 N–H and O–H groups in total. The van der Waals surface area contributed by atoms with Crippen LogP contribution < -0.4 is 5.32 Å². The van der Waals surface area contributed by atoms with Crippen molar-refractivity contribution in [3.8, 4) is 6.07 Å². The normalized spacial score (nSPS) is 9.95. The first-order valence-corrected chi connectivity index (χ1v) is 6.56. The van der Waals surface area contributed by atoms with E-state index in [1.165, 1.54) is 16.8 Å². The third-order valence-electron chi connectivity index (χ3n) is 3.27. The summed E-state index contributed by atoms with van der Waals surface area (Å²) in [5, 5.41) is 12.4. The highest BCUT2D eigenvalue weighted by Gasteiger charge is 2.03. The lowest BCUT2D eigenvalue weighted by Crippen LogP contribution is -2.04. The quantitative estimate of drug-likeness (QED) is 0.888. The second kappa shape index (κ2) is 6.06. The summed E-state index contributed by atoms with van der Waals surface area (Å²) in [6.45, 7) is 5.02. The Kier molecular flexibility index (Phi) is 4.20. The highest BCUT2D eigenvalue weighted by atomic mass is 14.9. The van der Waals surface area contributed by atoms with Crippen LogP contribution in [0.1, 0.15) is 29.2 Å². The zero-order valence-corrected chi connectivity index (χ0v) is 11.4. The summed E-state index contributed by atoms with van der Waals surface area (Å²) in [6, 6.07) is 16.3. The van der Waals surface area contributed by atoms with E-state index in [1.807, 2.05) is 24.3 Å². The number of hydrogen-bond donors (Lipinski definition) is 1. The van der Waals surface area contributed by atoms with E-state index in [4.69, 9.17) is 5.26 Å². The number of benzene rings is 2. The number of nitrogens with one attached hydrogen (secondary N) is 1. The van der Waals surface area contributed by atoms with Crippen molar-refractivity contribution in [2.45, 2.75) is 26.8 Å². The van der Waals surface area contributed by atoms with E-state index in [9.17, 15) is 0 Å². The first kappa shape index (κ1) is 13.2. The molecule has 0 aliphatic carbocycles. The van der Waals surface area contributed by atoms with Gasteiger partial charge in [-0.05, 0) is 42.2 Å². The summed E-state index contributed by atoms with van der Waals surface area (Å²) in [5.41, 5.74) is 5.64. The maximum atomic E-state index is 8.90. The molecular formula is C17H18N2. The van der Waals surface area contributed by atoms with Gasteiger partial charge in [0.2, 0.25) is 0 Å². The molecule has 2 nitrogen and oxygen atoms in total. The van der Waals surface area contributed by atoms with Gasteiger partial charge in [0.25, 0.3) is 0 Å². The molecule has 2 aromatic carbocycles. The van der Waals surface area contributed by atoms with E-state index in [0.717, 1.165) is 18.5 Å². The molecule has 0 fully saturated rings. The summed E-state index contributed by atoms with van der Waals surface area (Å²) in [6.07, 6.45) is 1.02. The van der Waals surface area contributed by atoms with Gasteiger partial charge < -0.3 is 5.32 Å². The molecule has 0 radical (unpaired) electrons. The van der Waals surface area contributed by atoms with E-state index >= 15 is 0 Å². The molecule has 2 aromatic rings. The fourth-order valence-corrected chi connectivity index (χ4v) is 2.22. The fourth-order valence-electron chi connectivity index (χ4n) is 2.22. The molecule has 0 aliphatic heterocycles. The Labute approximate surface area is 114 Å². The number of para-hydroxylation sites is 1. The van der Waals surface area contributed by atoms with Crippen LogP contribution in [0.25, 0.3) is 0 Å². The fraction of sp³-hybridized carbons (Fsp3) is 0.235. The molecule has 0 saturated heterocycles. The average Bonchev–Trinajstić information content (AvgIpc) is 2.46. The van der Waals surface area contributed by atoms with Gasteiger partial charge >= 0.3 is 0 Å². The molecule has 0 heterocycles. The molecule has 0 bridgehead atoms. The predicted octanol–water partition coefficient (Wildman–Crippen LogP) is 4.04. The monoisotopic (exact) mass is 250 g/mol. The Morgan fingerprint density at radius 1 is 1.16 bits per heavy atom. The molecule has 19 heavy (non-hydrogen) atoms. The summed E-state index contributed by atoms with van der Waals surface area (Å²) in [4.78, 5) is 0. The average molecular weight is 250 g/mol. The molecular weight excluding hydrogens is 232 g/mol. The number of aryl methyl sites for hydroxylation is 2. The van der Waals surface area contributed by atoms with Crippen LogP contribution in [-0.2, 0) is 13.0 Å². The minimum Gasteiger partial charge on any atom is -0.381 e. The van der Waals surface area contributed by atoms with Gasteiger partial charge in [-0.3, -0.25) is 0 Å². The van der Waals surface area contributed by atoms with Gasteiger partial charge in [-0.2, -0.15) is 5.26 Å². The predicted molar refractivity (Wildman–Crippen MR) is 79.0 cm³/mol. The topological polar surface area (TPSA) is 35.8 Å². The highest BCUT2D eigenvalue weighted by molar-refractivity contribution is 5.57. The van der Waals surface area contributed by atoms with Gasteiger partial charge in [-0.25, -0.2) is 0 Å².